The van der Waals surface area contributed by atoms with Crippen LogP contribution in [-0.4, -0.2) is 104 Å². The van der Waals surface area contributed by atoms with Crippen molar-refractivity contribution in [1.82, 2.24) is 29.9 Å². The number of ether oxygens (including phenoxy) is 6. The van der Waals surface area contributed by atoms with E-state index >= 15 is 0 Å². The maximum atomic E-state index is 11.9. The molecular formula is C59H66N10O8S2. The molecule has 3 aliphatic carbocycles. The highest BCUT2D eigenvalue weighted by molar-refractivity contribution is 7.22. The molecule has 6 N–H and O–H groups in total. The number of thiazole rings is 2. The molecule has 5 heterocycles. The fourth-order valence-corrected chi connectivity index (χ4v) is 14.6. The number of nitrogens with zero attached hydrogens (tertiary/aromatic N) is 6. The van der Waals surface area contributed by atoms with Crippen molar-refractivity contribution in [3.05, 3.63) is 107 Å². The first-order valence-electron chi connectivity index (χ1n) is 26.8. The van der Waals surface area contributed by atoms with E-state index in [9.17, 15) is 10.2 Å². The molecule has 0 amide bonds. The van der Waals surface area contributed by atoms with Crippen LogP contribution in [0.15, 0.2) is 78.9 Å². The van der Waals surface area contributed by atoms with Crippen LogP contribution < -0.4 is 40.2 Å². The number of aliphatic hydroxyl groups is 2. The first-order chi connectivity index (χ1) is 38.2. The van der Waals surface area contributed by atoms with E-state index < -0.39 is 23.2 Å². The quantitative estimate of drug-likeness (QED) is 0.0443. The second-order valence-electron chi connectivity index (χ2n) is 21.6. The number of aromatic nitrogens is 6. The largest absolute Gasteiger partial charge is 0.497 e. The van der Waals surface area contributed by atoms with Gasteiger partial charge in [0.2, 0.25) is 11.9 Å². The molecule has 9 atom stereocenters. The van der Waals surface area contributed by atoms with E-state index in [0.717, 1.165) is 70.4 Å². The van der Waals surface area contributed by atoms with Crippen molar-refractivity contribution in [2.45, 2.75) is 103 Å². The van der Waals surface area contributed by atoms with Crippen LogP contribution in [0.1, 0.15) is 68.1 Å². The minimum absolute atomic E-state index is 0.0635. The van der Waals surface area contributed by atoms with Crippen LogP contribution in [0, 0.1) is 37.5 Å². The zero-order chi connectivity index (χ0) is 55.0. The Labute approximate surface area is 466 Å². The highest BCUT2D eigenvalue weighted by Crippen LogP contribution is 2.70. The summed E-state index contributed by atoms with van der Waals surface area (Å²) in [6.45, 7) is 11.3. The topological polar surface area (TPSA) is 221 Å². The molecule has 1 saturated heterocycles. The number of para-hydroxylation sites is 2. The van der Waals surface area contributed by atoms with Gasteiger partial charge in [-0.15, -0.1) is 22.7 Å². The molecular weight excluding hydrogens is 1040 g/mol. The number of anilines is 4. The monoisotopic (exact) mass is 1110 g/mol. The number of hydrogen-bond donors (Lipinski definition) is 6. The van der Waals surface area contributed by atoms with Crippen molar-refractivity contribution in [2.24, 2.45) is 23.7 Å². The third-order valence-electron chi connectivity index (χ3n) is 16.8. The smallest absolute Gasteiger partial charge is 0.225 e. The third kappa shape index (κ3) is 9.48. The van der Waals surface area contributed by atoms with Crippen molar-refractivity contribution in [3.63, 3.8) is 0 Å². The van der Waals surface area contributed by atoms with Gasteiger partial charge in [0.15, 0.2) is 17.1 Å². The van der Waals surface area contributed by atoms with Gasteiger partial charge in [0, 0.05) is 50.2 Å². The minimum atomic E-state index is -1.20. The summed E-state index contributed by atoms with van der Waals surface area (Å²) in [6.07, 6.45) is 1.63. The van der Waals surface area contributed by atoms with Crippen LogP contribution in [0.3, 0.4) is 0 Å². The normalized spacial score (nSPS) is 25.8. The molecule has 12 rings (SSSR count). The summed E-state index contributed by atoms with van der Waals surface area (Å²) in [5.74, 6) is 4.22. The molecule has 9 unspecified atom stereocenters. The number of hydrogen-bond acceptors (Lipinski definition) is 20. The highest BCUT2D eigenvalue weighted by atomic mass is 32.1. The van der Waals surface area contributed by atoms with Gasteiger partial charge in [-0.2, -0.15) is 9.97 Å². The van der Waals surface area contributed by atoms with Gasteiger partial charge in [-0.1, -0.05) is 38.1 Å². The lowest BCUT2D eigenvalue weighted by Crippen LogP contribution is -2.50. The van der Waals surface area contributed by atoms with Gasteiger partial charge in [0.25, 0.3) is 0 Å². The molecule has 0 bridgehead atoms. The average Bonchev–Trinajstić information content (AvgIpc) is 1.80. The summed E-state index contributed by atoms with van der Waals surface area (Å²) >= 11 is 3.16. The molecule has 0 radical (unpaired) electrons. The Kier molecular flexibility index (Phi) is 13.8. The Morgan fingerprint density at radius 1 is 0.684 bits per heavy atom. The molecule has 79 heavy (non-hydrogen) atoms. The SMILES string of the molecule is COc1cc(CNc2nc(C)c(-c3nc4ccccc4s3)c(NC34CCC5C(O)C53OC(C)(Cc3cccc5sc(-c6c(C)nc(NCc7cc(OC)cc(OC)c7)nc6NC6CC(CO)C(C)C6C)nc35)O4)n2)cc(OC)c1. The van der Waals surface area contributed by atoms with E-state index in [2.05, 4.69) is 53.3 Å². The number of aryl methyl sites for hydroxylation is 2. The molecule has 8 aromatic rings. The molecule has 4 aromatic carbocycles. The van der Waals surface area contributed by atoms with Crippen LogP contribution in [0.4, 0.5) is 23.5 Å². The molecule has 412 valence electrons. The molecule has 1 aliphatic heterocycles. The number of benzene rings is 4. The summed E-state index contributed by atoms with van der Waals surface area (Å²) < 4.78 is 38.8. The summed E-state index contributed by atoms with van der Waals surface area (Å²) in [5.41, 5.74) is 5.31. The first kappa shape index (κ1) is 52.7. The molecule has 4 aliphatic rings. The van der Waals surface area contributed by atoms with Crippen molar-refractivity contribution in [2.75, 3.05) is 56.3 Å². The van der Waals surface area contributed by atoms with Gasteiger partial charge in [0.05, 0.1) is 77.5 Å². The van der Waals surface area contributed by atoms with Gasteiger partial charge in [-0.25, -0.2) is 19.9 Å². The lowest BCUT2D eigenvalue weighted by Gasteiger charge is -2.34. The molecule has 3 saturated carbocycles. The molecule has 4 fully saturated rings. The molecule has 18 nitrogen and oxygen atoms in total. The highest BCUT2D eigenvalue weighted by Gasteiger charge is 2.86. The van der Waals surface area contributed by atoms with E-state index in [1.54, 1.807) is 51.1 Å². The van der Waals surface area contributed by atoms with E-state index in [1.165, 1.54) is 0 Å². The van der Waals surface area contributed by atoms with Gasteiger partial charge < -0.3 is 59.9 Å². The van der Waals surface area contributed by atoms with E-state index in [4.69, 9.17) is 58.3 Å². The summed E-state index contributed by atoms with van der Waals surface area (Å²) in [6, 6.07) is 25.8. The number of aliphatic hydroxyl groups excluding tert-OH is 2. The zero-order valence-corrected chi connectivity index (χ0v) is 47.4. The predicted molar refractivity (Wildman–Crippen MR) is 308 cm³/mol. The van der Waals surface area contributed by atoms with E-state index in [-0.39, 0.29) is 30.4 Å². The van der Waals surface area contributed by atoms with Crippen molar-refractivity contribution in [1.29, 1.82) is 0 Å². The standard InChI is InChI=1S/C59H66N10O8S2/c1-30-31(2)44(23-37(30)29-70)64-51-47(32(3)62-55(67-51)60-27-34-19-38(72-6)24-39(20-34)73-7)54-66-49-36(13-12-16-46(49)79-54)26-57(5)76-58(18-17-42-50(71)59(42,58)77-57)69-52-48(53-65-43-14-10-11-15-45(43)78-53)33(4)63-56(68-52)61-28-35-21-40(74-8)25-41(22-35)75-9/h10-16,19-22,24-25,30-31,37,42,44,50,70-71H,17-18,23,26-29H2,1-9H3,(H2,60,62,64,67)(H2,61,63,68,69). The van der Waals surface area contributed by atoms with Crippen LogP contribution >= 0.6 is 22.7 Å². The average molecular weight is 1110 g/mol. The Hall–Kier alpha value is -6.94. The van der Waals surface area contributed by atoms with E-state index in [0.29, 0.717) is 90.5 Å². The molecule has 1 spiro atoms. The lowest BCUT2D eigenvalue weighted by atomic mass is 9.92. The fourth-order valence-electron chi connectivity index (χ4n) is 12.5. The van der Waals surface area contributed by atoms with Crippen LogP contribution in [-0.2, 0) is 29.0 Å². The van der Waals surface area contributed by atoms with E-state index in [1.807, 2.05) is 81.4 Å². The Balaban J connectivity index is 0.871. The van der Waals surface area contributed by atoms with Gasteiger partial charge >= 0.3 is 0 Å². The number of nitrogens with one attached hydrogen (secondary N) is 4. The fraction of sp³-hybridized carbons (Fsp3) is 0.424. The maximum absolute atomic E-state index is 11.9. The Bertz CT molecular complexity index is 3540. The number of rotatable bonds is 19. The van der Waals surface area contributed by atoms with Gasteiger partial charge in [-0.3, -0.25) is 0 Å². The zero-order valence-electron chi connectivity index (χ0n) is 45.8. The second-order valence-corrected chi connectivity index (χ2v) is 23.7. The Morgan fingerprint density at radius 3 is 1.86 bits per heavy atom. The number of fused-ring (bicyclic) bond motifs is 2. The molecule has 20 heteroatoms. The Morgan fingerprint density at radius 2 is 1.27 bits per heavy atom. The summed E-state index contributed by atoms with van der Waals surface area (Å²) in [7, 11) is 6.53. The van der Waals surface area contributed by atoms with Crippen LogP contribution in [0.2, 0.25) is 0 Å². The maximum Gasteiger partial charge on any atom is 0.225 e. The van der Waals surface area contributed by atoms with Crippen LogP contribution in [0.25, 0.3) is 41.6 Å². The van der Waals surface area contributed by atoms with Gasteiger partial charge in [0.1, 0.15) is 44.6 Å². The minimum Gasteiger partial charge on any atom is -0.497 e. The summed E-state index contributed by atoms with van der Waals surface area (Å²) in [4.78, 5) is 30.8. The first-order valence-corrected chi connectivity index (χ1v) is 28.5. The predicted octanol–water partition coefficient (Wildman–Crippen LogP) is 10.4. The third-order valence-corrected chi connectivity index (χ3v) is 18.8. The van der Waals surface area contributed by atoms with Crippen LogP contribution in [0.5, 0.6) is 23.0 Å². The lowest BCUT2D eigenvalue weighted by molar-refractivity contribution is -0.178. The van der Waals surface area contributed by atoms with Gasteiger partial charge in [-0.05, 0) is 117 Å². The number of methoxy groups -OCH3 is 4. The molecule has 4 aromatic heterocycles. The van der Waals surface area contributed by atoms with Crippen molar-refractivity contribution in [3.8, 4) is 44.1 Å². The summed E-state index contributed by atoms with van der Waals surface area (Å²) in [5, 5.41) is 38.3. The van der Waals surface area contributed by atoms with Crippen molar-refractivity contribution < 1.29 is 38.6 Å². The second kappa shape index (κ2) is 20.6. The van der Waals surface area contributed by atoms with Crippen molar-refractivity contribution >= 4 is 66.6 Å².